The number of hydrogen-bond acceptors (Lipinski definition) is 7. The molecule has 2 saturated carbocycles. The molecule has 2 aliphatic heterocycles. The number of nitrogens with one attached hydrogen (secondary N) is 1. The fourth-order valence-corrected chi connectivity index (χ4v) is 8.04. The van der Waals surface area contributed by atoms with Crippen molar-refractivity contribution in [2.75, 3.05) is 23.3 Å². The van der Waals surface area contributed by atoms with Gasteiger partial charge in [-0.15, -0.1) is 10.2 Å². The number of nitrogens with zero attached hydrogens (tertiary/aromatic N) is 7. The summed E-state index contributed by atoms with van der Waals surface area (Å²) in [6.07, 6.45) is 3.79. The lowest BCUT2D eigenvalue weighted by atomic mass is 9.68. The van der Waals surface area contributed by atoms with Crippen molar-refractivity contribution in [1.29, 1.82) is 5.26 Å². The number of aromatic nitrogens is 4. The largest absolute Gasteiger partial charge is 0.416 e. The number of halogens is 3. The number of rotatable bonds is 7. The highest BCUT2D eigenvalue weighted by Crippen LogP contribution is 2.49. The molecule has 0 bridgehead atoms. The van der Waals surface area contributed by atoms with Crippen molar-refractivity contribution in [3.05, 3.63) is 76.6 Å². The van der Waals surface area contributed by atoms with Gasteiger partial charge in [-0.1, -0.05) is 30.2 Å². The zero-order chi connectivity index (χ0) is 34.1. The van der Waals surface area contributed by atoms with Gasteiger partial charge in [-0.3, -0.25) is 14.6 Å². The van der Waals surface area contributed by atoms with Gasteiger partial charge in [0.15, 0.2) is 5.82 Å². The summed E-state index contributed by atoms with van der Waals surface area (Å²) in [6.45, 7) is 3.82. The van der Waals surface area contributed by atoms with Crippen molar-refractivity contribution in [2.45, 2.75) is 76.7 Å². The Morgan fingerprint density at radius 1 is 1.00 bits per heavy atom. The first-order valence-corrected chi connectivity index (χ1v) is 16.9. The minimum Gasteiger partial charge on any atom is -0.352 e. The maximum atomic E-state index is 14.6. The van der Waals surface area contributed by atoms with Crippen LogP contribution in [0.3, 0.4) is 0 Å². The molecule has 4 aliphatic rings. The molecule has 0 radical (unpaired) electrons. The molecule has 2 aliphatic carbocycles. The van der Waals surface area contributed by atoms with Crippen LogP contribution < -0.4 is 10.2 Å². The second-order valence-electron chi connectivity index (χ2n) is 14.5. The van der Waals surface area contributed by atoms with Crippen LogP contribution in [-0.2, 0) is 26.3 Å². The van der Waals surface area contributed by atoms with Crippen LogP contribution in [0.25, 0.3) is 22.5 Å². The Bertz CT molecular complexity index is 2020. The topological polar surface area (TPSA) is 103 Å². The number of likely N-dealkylation sites (tertiary alicyclic amines) is 1. The monoisotopic (exact) mass is 666 g/mol. The highest BCUT2D eigenvalue weighted by Gasteiger charge is 2.44. The highest BCUT2D eigenvalue weighted by atomic mass is 19.4. The number of hydrogen-bond donors (Lipinski definition) is 1. The average molecular weight is 667 g/mol. The normalized spacial score (nSPS) is 19.4. The lowest BCUT2D eigenvalue weighted by molar-refractivity contribution is -0.138. The van der Waals surface area contributed by atoms with E-state index >= 15 is 0 Å². The molecule has 252 valence electrons. The van der Waals surface area contributed by atoms with Gasteiger partial charge in [0, 0.05) is 31.3 Å². The summed E-state index contributed by atoms with van der Waals surface area (Å²) in [5, 5.41) is 21.7. The Morgan fingerprint density at radius 2 is 1.80 bits per heavy atom. The van der Waals surface area contributed by atoms with E-state index in [4.69, 9.17) is 4.98 Å². The molecule has 49 heavy (non-hydrogen) atoms. The fourth-order valence-electron chi connectivity index (χ4n) is 8.04. The van der Waals surface area contributed by atoms with Gasteiger partial charge < -0.3 is 9.88 Å². The Kier molecular flexibility index (Phi) is 7.33. The Labute approximate surface area is 282 Å². The lowest BCUT2D eigenvalue weighted by Crippen LogP contribution is -2.43. The highest BCUT2D eigenvalue weighted by molar-refractivity contribution is 6.10. The number of carbonyl (C=O) groups is 1. The van der Waals surface area contributed by atoms with Crippen molar-refractivity contribution in [3.8, 4) is 28.6 Å². The molecule has 12 heteroatoms. The summed E-state index contributed by atoms with van der Waals surface area (Å²) in [5.41, 5.74) is 2.50. The second-order valence-corrected chi connectivity index (χ2v) is 14.5. The summed E-state index contributed by atoms with van der Waals surface area (Å²) >= 11 is 0. The zero-order valence-corrected chi connectivity index (χ0v) is 27.6. The molecule has 9 nitrogen and oxygen atoms in total. The van der Waals surface area contributed by atoms with E-state index in [0.29, 0.717) is 47.6 Å². The average Bonchev–Trinajstić information content (AvgIpc) is 3.75. The summed E-state index contributed by atoms with van der Waals surface area (Å²) in [5.74, 6) is 0.689. The Morgan fingerprint density at radius 3 is 2.43 bits per heavy atom. The molecular formula is C37H37F3N8O. The maximum absolute atomic E-state index is 14.6. The predicted molar refractivity (Wildman–Crippen MR) is 178 cm³/mol. The van der Waals surface area contributed by atoms with Gasteiger partial charge in [0.2, 0.25) is 0 Å². The number of benzene rings is 2. The van der Waals surface area contributed by atoms with Crippen LogP contribution in [-0.4, -0.2) is 49.2 Å². The molecule has 4 aromatic rings. The predicted octanol–water partition coefficient (Wildman–Crippen LogP) is 7.27. The van der Waals surface area contributed by atoms with E-state index in [1.807, 2.05) is 38.2 Å². The number of aryl methyl sites for hydroxylation is 2. The number of nitriles is 1. The third-order valence-corrected chi connectivity index (χ3v) is 11.1. The Balaban J connectivity index is 1.20. The molecule has 1 N–H and O–H groups in total. The molecule has 1 saturated heterocycles. The van der Waals surface area contributed by atoms with Crippen LogP contribution in [0.5, 0.6) is 0 Å². The number of pyridine rings is 1. The quantitative estimate of drug-likeness (QED) is 0.221. The number of alkyl halides is 3. The summed E-state index contributed by atoms with van der Waals surface area (Å²) in [4.78, 5) is 22.5. The van der Waals surface area contributed by atoms with Crippen molar-refractivity contribution in [2.24, 2.45) is 12.5 Å². The standard InChI is InChI=1S/C37H37F3N8O/c1-23-5-6-26(33-45-42-22-46(33)2)27(13-23)25-16-31(44-36(20-41)9-4-10-36)43-32(17-25)48-19-29-28(34(48)49)14-24(15-30(29)37(38,39)40)18-47-12-11-35(21-47)7-3-8-35/h5-6,13-17,22H,3-4,7-12,18-19,21H2,1-2H3,(H,43,44). The fraction of sp³-hybridized carbons (Fsp3) is 0.432. The van der Waals surface area contributed by atoms with E-state index in [2.05, 4.69) is 26.5 Å². The molecule has 1 amide bonds. The molecule has 2 aromatic heterocycles. The van der Waals surface area contributed by atoms with Crippen LogP contribution >= 0.6 is 0 Å². The second kappa shape index (κ2) is 11.4. The van der Waals surface area contributed by atoms with Gasteiger partial charge in [-0.25, -0.2) is 4.98 Å². The molecule has 2 aromatic carbocycles. The molecule has 0 atom stereocenters. The van der Waals surface area contributed by atoms with Crippen molar-refractivity contribution < 1.29 is 18.0 Å². The number of anilines is 2. The van der Waals surface area contributed by atoms with Crippen molar-refractivity contribution in [1.82, 2.24) is 24.6 Å². The van der Waals surface area contributed by atoms with E-state index in [-0.39, 0.29) is 23.5 Å². The molecule has 8 rings (SSSR count). The van der Waals surface area contributed by atoms with E-state index in [1.165, 1.54) is 30.2 Å². The number of amides is 1. The van der Waals surface area contributed by atoms with E-state index < -0.39 is 23.2 Å². The maximum Gasteiger partial charge on any atom is 0.416 e. The van der Waals surface area contributed by atoms with Crippen LogP contribution in [0.1, 0.15) is 77.6 Å². The van der Waals surface area contributed by atoms with Crippen LogP contribution in [0.15, 0.2) is 48.8 Å². The number of carbonyl (C=O) groups excluding carboxylic acids is 1. The summed E-state index contributed by atoms with van der Waals surface area (Å²) in [6, 6.07) is 14.7. The van der Waals surface area contributed by atoms with Crippen LogP contribution in [0.4, 0.5) is 24.8 Å². The molecule has 3 fully saturated rings. The lowest BCUT2D eigenvalue weighted by Gasteiger charge is -2.38. The Hall–Kier alpha value is -4.76. The van der Waals surface area contributed by atoms with Crippen molar-refractivity contribution >= 4 is 17.5 Å². The van der Waals surface area contributed by atoms with Gasteiger partial charge in [0.05, 0.1) is 18.2 Å². The van der Waals surface area contributed by atoms with Crippen LogP contribution in [0, 0.1) is 23.7 Å². The van der Waals surface area contributed by atoms with Gasteiger partial charge >= 0.3 is 6.18 Å². The van der Waals surface area contributed by atoms with Gasteiger partial charge in [0.25, 0.3) is 5.91 Å². The minimum atomic E-state index is -4.63. The first-order chi connectivity index (χ1) is 23.4. The van der Waals surface area contributed by atoms with Crippen molar-refractivity contribution in [3.63, 3.8) is 0 Å². The molecule has 1 spiro atoms. The van der Waals surface area contributed by atoms with Gasteiger partial charge in [0.1, 0.15) is 23.5 Å². The smallest absolute Gasteiger partial charge is 0.352 e. The SMILES string of the molecule is Cc1ccc(-c2nncn2C)c(-c2cc(NC3(C#N)CCC3)nc(N3Cc4c(cc(CN5CCC6(CCC6)C5)cc4C(F)(F)F)C3=O)c2)c1. The van der Waals surface area contributed by atoms with Gasteiger partial charge in [-0.05, 0) is 104 Å². The number of fused-ring (bicyclic) bond motifs is 1. The van der Waals surface area contributed by atoms with E-state index in [1.54, 1.807) is 23.0 Å². The zero-order valence-electron chi connectivity index (χ0n) is 27.6. The molecule has 4 heterocycles. The minimum absolute atomic E-state index is 0.0392. The van der Waals surface area contributed by atoms with Gasteiger partial charge in [-0.2, -0.15) is 18.4 Å². The first kappa shape index (κ1) is 31.5. The third-order valence-electron chi connectivity index (χ3n) is 11.1. The van der Waals surface area contributed by atoms with Crippen LogP contribution in [0.2, 0.25) is 0 Å². The summed E-state index contributed by atoms with van der Waals surface area (Å²) < 4.78 is 45.7. The third kappa shape index (κ3) is 5.54. The first-order valence-electron chi connectivity index (χ1n) is 16.9. The molecule has 0 unspecified atom stereocenters. The molecular weight excluding hydrogens is 629 g/mol. The van der Waals surface area contributed by atoms with E-state index in [9.17, 15) is 23.2 Å². The summed E-state index contributed by atoms with van der Waals surface area (Å²) in [7, 11) is 1.85. The van der Waals surface area contributed by atoms with E-state index in [0.717, 1.165) is 42.6 Å².